The van der Waals surface area contributed by atoms with Gasteiger partial charge in [-0.1, -0.05) is 30.3 Å². The number of carbonyl (C=O) groups excluding carboxylic acids is 3. The summed E-state index contributed by atoms with van der Waals surface area (Å²) in [4.78, 5) is 35.7. The van der Waals surface area contributed by atoms with Crippen LogP contribution in [0.15, 0.2) is 53.1 Å². The Balaban J connectivity index is 1.63. The third-order valence-electron chi connectivity index (χ3n) is 4.13. The number of benzene rings is 1. The second kappa shape index (κ2) is 10.9. The van der Waals surface area contributed by atoms with E-state index < -0.39 is 18.0 Å². The van der Waals surface area contributed by atoms with Crippen LogP contribution in [0.5, 0.6) is 0 Å². The molecule has 0 spiro atoms. The smallest absolute Gasteiger partial charge is 0.308 e. The molecule has 2 aromatic rings. The highest BCUT2D eigenvalue weighted by molar-refractivity contribution is 5.91. The van der Waals surface area contributed by atoms with Crippen molar-refractivity contribution >= 4 is 17.8 Å². The number of carbonyl (C=O) groups is 3. The van der Waals surface area contributed by atoms with Crippen LogP contribution in [-0.2, 0) is 20.7 Å². The molecule has 0 aliphatic rings. The lowest BCUT2D eigenvalue weighted by atomic mass is 10.1. The van der Waals surface area contributed by atoms with Gasteiger partial charge in [0, 0.05) is 12.6 Å². The van der Waals surface area contributed by atoms with Crippen molar-refractivity contribution in [3.63, 3.8) is 0 Å². The molecule has 2 amide bonds. The number of furan rings is 1. The fourth-order valence-electron chi connectivity index (χ4n) is 2.54. The average molecular weight is 386 g/mol. The van der Waals surface area contributed by atoms with Gasteiger partial charge in [0.2, 0.25) is 0 Å². The van der Waals surface area contributed by atoms with E-state index in [1.54, 1.807) is 6.07 Å². The van der Waals surface area contributed by atoms with Gasteiger partial charge in [-0.2, -0.15) is 0 Å². The molecule has 1 heterocycles. The first-order valence-corrected chi connectivity index (χ1v) is 9.31. The Morgan fingerprint density at radius 3 is 2.50 bits per heavy atom. The highest BCUT2D eigenvalue weighted by Crippen LogP contribution is 2.05. The van der Waals surface area contributed by atoms with Gasteiger partial charge < -0.3 is 19.8 Å². The second-order valence-corrected chi connectivity index (χ2v) is 6.55. The van der Waals surface area contributed by atoms with Crippen molar-refractivity contribution in [2.45, 2.75) is 45.3 Å². The first-order chi connectivity index (χ1) is 13.5. The minimum absolute atomic E-state index is 0.0341. The maximum absolute atomic E-state index is 12.2. The van der Waals surface area contributed by atoms with Crippen molar-refractivity contribution < 1.29 is 23.5 Å². The molecule has 7 nitrogen and oxygen atoms in total. The number of ether oxygens (including phenoxy) is 1. The van der Waals surface area contributed by atoms with Crippen molar-refractivity contribution in [3.8, 4) is 0 Å². The van der Waals surface area contributed by atoms with E-state index >= 15 is 0 Å². The van der Waals surface area contributed by atoms with E-state index in [-0.39, 0.29) is 30.7 Å². The Kier molecular flexibility index (Phi) is 8.27. The topological polar surface area (TPSA) is 97.6 Å². The van der Waals surface area contributed by atoms with Crippen LogP contribution in [0, 0.1) is 0 Å². The van der Waals surface area contributed by atoms with Crippen LogP contribution in [0.2, 0.25) is 0 Å². The summed E-state index contributed by atoms with van der Waals surface area (Å²) in [5.74, 6) is -1.13. The predicted molar refractivity (Wildman–Crippen MR) is 104 cm³/mol. The molecule has 1 aromatic carbocycles. The summed E-state index contributed by atoms with van der Waals surface area (Å²) in [6.07, 6.45) is 2.10. The molecule has 0 radical (unpaired) electrons. The van der Waals surface area contributed by atoms with Gasteiger partial charge in [-0.15, -0.1) is 0 Å². The zero-order chi connectivity index (χ0) is 20.4. The molecule has 0 aliphatic carbocycles. The molecule has 28 heavy (non-hydrogen) atoms. The van der Waals surface area contributed by atoms with Crippen LogP contribution in [0.1, 0.15) is 42.8 Å². The molecule has 0 unspecified atom stereocenters. The fraction of sp³-hybridized carbons (Fsp3) is 0.381. The van der Waals surface area contributed by atoms with Crippen LogP contribution in [-0.4, -0.2) is 36.5 Å². The normalized spacial score (nSPS) is 12.6. The maximum Gasteiger partial charge on any atom is 0.308 e. The zero-order valence-electron chi connectivity index (χ0n) is 16.1. The Hall–Kier alpha value is -3.09. The van der Waals surface area contributed by atoms with E-state index in [4.69, 9.17) is 9.15 Å². The van der Waals surface area contributed by atoms with Crippen molar-refractivity contribution in [1.29, 1.82) is 0 Å². The second-order valence-electron chi connectivity index (χ2n) is 6.55. The molecule has 2 atom stereocenters. The van der Waals surface area contributed by atoms with E-state index in [1.165, 1.54) is 24.8 Å². The number of hydrogen-bond donors (Lipinski definition) is 2. The molecule has 0 fully saturated rings. The van der Waals surface area contributed by atoms with E-state index in [9.17, 15) is 14.4 Å². The van der Waals surface area contributed by atoms with Gasteiger partial charge in [0.15, 0.2) is 11.9 Å². The largest absolute Gasteiger partial charge is 0.459 e. The number of rotatable bonds is 10. The van der Waals surface area contributed by atoms with Gasteiger partial charge in [-0.05, 0) is 44.4 Å². The van der Waals surface area contributed by atoms with Gasteiger partial charge in [0.05, 0.1) is 12.7 Å². The Morgan fingerprint density at radius 2 is 1.82 bits per heavy atom. The van der Waals surface area contributed by atoms with E-state index in [2.05, 4.69) is 10.6 Å². The number of hydrogen-bond acceptors (Lipinski definition) is 5. The molecule has 0 saturated heterocycles. The first-order valence-electron chi connectivity index (χ1n) is 9.31. The van der Waals surface area contributed by atoms with Gasteiger partial charge in [-0.25, -0.2) is 0 Å². The van der Waals surface area contributed by atoms with Crippen LogP contribution in [0.3, 0.4) is 0 Å². The lowest BCUT2D eigenvalue weighted by Gasteiger charge is -2.18. The van der Waals surface area contributed by atoms with Gasteiger partial charge in [0.25, 0.3) is 11.8 Å². The van der Waals surface area contributed by atoms with Gasteiger partial charge >= 0.3 is 5.97 Å². The molecule has 7 heteroatoms. The Bertz CT molecular complexity index is 758. The van der Waals surface area contributed by atoms with Gasteiger partial charge in [-0.3, -0.25) is 14.4 Å². The van der Waals surface area contributed by atoms with E-state index in [0.717, 1.165) is 12.8 Å². The molecule has 150 valence electrons. The van der Waals surface area contributed by atoms with Gasteiger partial charge in [0.1, 0.15) is 0 Å². The van der Waals surface area contributed by atoms with E-state index in [1.807, 2.05) is 37.3 Å². The van der Waals surface area contributed by atoms with Crippen molar-refractivity contribution in [2.24, 2.45) is 0 Å². The number of amides is 2. The monoisotopic (exact) mass is 386 g/mol. The SMILES string of the molecule is C[C@H](CCc1ccccc1)NC(=O)[C@H](C)OC(=O)CCNC(=O)c1ccco1. The molecular formula is C21H26N2O5. The molecule has 0 bridgehead atoms. The van der Waals surface area contributed by atoms with Crippen LogP contribution in [0.4, 0.5) is 0 Å². The lowest BCUT2D eigenvalue weighted by Crippen LogP contribution is -2.41. The molecular weight excluding hydrogens is 360 g/mol. The van der Waals surface area contributed by atoms with Crippen molar-refractivity contribution in [3.05, 3.63) is 60.1 Å². The van der Waals surface area contributed by atoms with Crippen LogP contribution in [0.25, 0.3) is 0 Å². The summed E-state index contributed by atoms with van der Waals surface area (Å²) in [6, 6.07) is 13.1. The number of nitrogens with one attached hydrogen (secondary N) is 2. The number of aryl methyl sites for hydroxylation is 1. The predicted octanol–water partition coefficient (Wildman–Crippen LogP) is 2.47. The lowest BCUT2D eigenvalue weighted by molar-refractivity contribution is -0.154. The summed E-state index contributed by atoms with van der Waals surface area (Å²) >= 11 is 0. The third-order valence-corrected chi connectivity index (χ3v) is 4.13. The zero-order valence-corrected chi connectivity index (χ0v) is 16.1. The van der Waals surface area contributed by atoms with E-state index in [0.29, 0.717) is 0 Å². The average Bonchev–Trinajstić information content (AvgIpc) is 3.22. The van der Waals surface area contributed by atoms with Crippen molar-refractivity contribution in [2.75, 3.05) is 6.54 Å². The quantitative estimate of drug-likeness (QED) is 0.612. The van der Waals surface area contributed by atoms with Crippen LogP contribution >= 0.6 is 0 Å². The molecule has 0 aliphatic heterocycles. The fourth-order valence-corrected chi connectivity index (χ4v) is 2.54. The summed E-state index contributed by atoms with van der Waals surface area (Å²) in [5.41, 5.74) is 1.21. The standard InChI is InChI=1S/C21H26N2O5/c1-15(10-11-17-7-4-3-5-8-17)23-20(25)16(2)28-19(24)12-13-22-21(26)18-9-6-14-27-18/h3-9,14-16H,10-13H2,1-2H3,(H,22,26)(H,23,25)/t15-,16+/m1/s1. The third kappa shape index (κ3) is 7.26. The highest BCUT2D eigenvalue weighted by atomic mass is 16.5. The highest BCUT2D eigenvalue weighted by Gasteiger charge is 2.19. The molecule has 1 aromatic heterocycles. The maximum atomic E-state index is 12.2. The van der Waals surface area contributed by atoms with Crippen LogP contribution < -0.4 is 10.6 Å². The van der Waals surface area contributed by atoms with Crippen molar-refractivity contribution in [1.82, 2.24) is 10.6 Å². The first kappa shape index (κ1) is 21.2. The molecule has 2 N–H and O–H groups in total. The summed E-state index contributed by atoms with van der Waals surface area (Å²) in [6.45, 7) is 3.54. The summed E-state index contributed by atoms with van der Waals surface area (Å²) in [5, 5.41) is 5.40. The molecule has 2 rings (SSSR count). The Morgan fingerprint density at radius 1 is 1.07 bits per heavy atom. The summed E-state index contributed by atoms with van der Waals surface area (Å²) in [7, 11) is 0. The summed E-state index contributed by atoms with van der Waals surface area (Å²) < 4.78 is 10.1. The minimum atomic E-state index is -0.896. The molecule has 0 saturated carbocycles. The number of esters is 1. The minimum Gasteiger partial charge on any atom is -0.459 e. The Labute approximate surface area is 164 Å².